The summed E-state index contributed by atoms with van der Waals surface area (Å²) in [5, 5.41) is 4.81. The predicted octanol–water partition coefficient (Wildman–Crippen LogP) is 1.43. The molecule has 0 bridgehead atoms. The summed E-state index contributed by atoms with van der Waals surface area (Å²) >= 11 is 4.76. The van der Waals surface area contributed by atoms with Gasteiger partial charge in [0.1, 0.15) is 11.3 Å². The van der Waals surface area contributed by atoms with E-state index in [0.29, 0.717) is 5.76 Å². The zero-order valence-electron chi connectivity index (χ0n) is 12.2. The van der Waals surface area contributed by atoms with E-state index in [0.717, 1.165) is 37.7 Å². The van der Waals surface area contributed by atoms with Crippen LogP contribution in [-0.2, 0) is 9.59 Å². The monoisotopic (exact) mass is 319 g/mol. The van der Waals surface area contributed by atoms with Crippen LogP contribution in [0.4, 0.5) is 5.88 Å². The Hall–Kier alpha value is -2.15. The number of thiocarbonyl (C=S) groups is 1. The minimum Gasteiger partial charge on any atom is -0.441 e. The van der Waals surface area contributed by atoms with Crippen molar-refractivity contribution in [3.63, 3.8) is 0 Å². The Morgan fingerprint density at radius 1 is 1.23 bits per heavy atom. The summed E-state index contributed by atoms with van der Waals surface area (Å²) in [5.74, 6) is 0.955. The first-order chi connectivity index (χ1) is 10.5. The molecule has 2 aliphatic rings. The smallest absolute Gasteiger partial charge is 0.263 e. The van der Waals surface area contributed by atoms with Gasteiger partial charge in [0.05, 0.1) is 0 Å². The van der Waals surface area contributed by atoms with E-state index in [9.17, 15) is 9.59 Å². The van der Waals surface area contributed by atoms with Crippen LogP contribution in [-0.4, -0.2) is 30.0 Å². The molecule has 0 aliphatic carbocycles. The van der Waals surface area contributed by atoms with Gasteiger partial charge in [-0.05, 0) is 43.1 Å². The van der Waals surface area contributed by atoms with Crippen molar-refractivity contribution in [2.24, 2.45) is 5.92 Å². The number of amides is 2. The fraction of sp³-hybridized carbons (Fsp3) is 0.400. The first-order valence-electron chi connectivity index (χ1n) is 7.26. The van der Waals surface area contributed by atoms with Crippen molar-refractivity contribution in [2.75, 3.05) is 18.0 Å². The Kier molecular flexibility index (Phi) is 3.98. The van der Waals surface area contributed by atoms with E-state index in [1.165, 1.54) is 6.08 Å². The highest BCUT2D eigenvalue weighted by Crippen LogP contribution is 2.25. The molecule has 0 atom stereocenters. The third kappa shape index (κ3) is 3.04. The highest BCUT2D eigenvalue weighted by molar-refractivity contribution is 7.80. The lowest BCUT2D eigenvalue weighted by Crippen LogP contribution is -2.51. The summed E-state index contributed by atoms with van der Waals surface area (Å²) in [6, 6.07) is 3.62. The molecule has 0 spiro atoms. The fourth-order valence-corrected chi connectivity index (χ4v) is 2.75. The molecule has 0 radical (unpaired) electrons. The third-order valence-corrected chi connectivity index (χ3v) is 4.14. The third-order valence-electron chi connectivity index (χ3n) is 3.94. The van der Waals surface area contributed by atoms with Gasteiger partial charge in [-0.25, -0.2) is 0 Å². The molecule has 2 N–H and O–H groups in total. The van der Waals surface area contributed by atoms with Gasteiger partial charge in [-0.1, -0.05) is 6.92 Å². The molecule has 0 aromatic carbocycles. The first-order valence-corrected chi connectivity index (χ1v) is 7.67. The number of carbonyl (C=O) groups excluding carboxylic acids is 2. The quantitative estimate of drug-likeness (QED) is 0.490. The van der Waals surface area contributed by atoms with Crippen molar-refractivity contribution < 1.29 is 14.0 Å². The molecule has 3 rings (SSSR count). The second kappa shape index (κ2) is 5.92. The largest absolute Gasteiger partial charge is 0.441 e. The zero-order chi connectivity index (χ0) is 15.7. The topological polar surface area (TPSA) is 74.6 Å². The van der Waals surface area contributed by atoms with Crippen LogP contribution in [0, 0.1) is 5.92 Å². The highest BCUT2D eigenvalue weighted by atomic mass is 32.1. The number of anilines is 1. The lowest BCUT2D eigenvalue weighted by Gasteiger charge is -2.29. The van der Waals surface area contributed by atoms with Crippen molar-refractivity contribution in [3.8, 4) is 0 Å². The maximum Gasteiger partial charge on any atom is 0.263 e. The number of rotatable bonds is 2. The summed E-state index contributed by atoms with van der Waals surface area (Å²) in [7, 11) is 0. The zero-order valence-corrected chi connectivity index (χ0v) is 13.0. The summed E-state index contributed by atoms with van der Waals surface area (Å²) in [6.45, 7) is 4.17. The molecule has 2 fully saturated rings. The molecule has 1 aromatic heterocycles. The normalized spacial score (nSPS) is 20.0. The molecule has 3 heterocycles. The molecule has 1 aromatic rings. The Bertz CT molecular complexity index is 635. The Balaban J connectivity index is 1.76. The summed E-state index contributed by atoms with van der Waals surface area (Å²) in [4.78, 5) is 25.7. The molecular weight excluding hydrogens is 302 g/mol. The molecule has 6 nitrogen and oxygen atoms in total. The van der Waals surface area contributed by atoms with E-state index < -0.39 is 11.8 Å². The lowest BCUT2D eigenvalue weighted by molar-refractivity contribution is -0.123. The molecular formula is C15H17N3O3S. The van der Waals surface area contributed by atoms with Crippen LogP contribution in [0.25, 0.3) is 6.08 Å². The summed E-state index contributed by atoms with van der Waals surface area (Å²) < 4.78 is 5.74. The number of piperidine rings is 1. The van der Waals surface area contributed by atoms with E-state index >= 15 is 0 Å². The van der Waals surface area contributed by atoms with E-state index in [-0.39, 0.29) is 10.7 Å². The van der Waals surface area contributed by atoms with Crippen LogP contribution in [0.15, 0.2) is 22.1 Å². The van der Waals surface area contributed by atoms with E-state index in [2.05, 4.69) is 22.5 Å². The number of carbonyl (C=O) groups is 2. The van der Waals surface area contributed by atoms with Gasteiger partial charge in [-0.15, -0.1) is 0 Å². The van der Waals surface area contributed by atoms with Gasteiger partial charge >= 0.3 is 0 Å². The van der Waals surface area contributed by atoms with Crippen molar-refractivity contribution in [2.45, 2.75) is 19.8 Å². The van der Waals surface area contributed by atoms with Crippen molar-refractivity contribution >= 4 is 41.1 Å². The molecule has 0 unspecified atom stereocenters. The Morgan fingerprint density at radius 2 is 1.86 bits per heavy atom. The van der Waals surface area contributed by atoms with Gasteiger partial charge in [-0.2, -0.15) is 0 Å². The van der Waals surface area contributed by atoms with Crippen molar-refractivity contribution in [1.82, 2.24) is 10.6 Å². The van der Waals surface area contributed by atoms with Crippen LogP contribution in [0.3, 0.4) is 0 Å². The standard InChI is InChI=1S/C15H17N3O3S/c1-9-4-6-18(7-5-9)12-3-2-10(21-12)8-11-13(19)16-15(22)17-14(11)20/h2-3,8-9H,4-7H2,1H3,(H2,16,17,19,20,22). The van der Waals surface area contributed by atoms with Gasteiger partial charge in [0.25, 0.3) is 11.8 Å². The van der Waals surface area contributed by atoms with Crippen molar-refractivity contribution in [1.29, 1.82) is 0 Å². The van der Waals surface area contributed by atoms with E-state index in [4.69, 9.17) is 16.6 Å². The fourth-order valence-electron chi connectivity index (χ4n) is 2.57. The summed E-state index contributed by atoms with van der Waals surface area (Å²) in [5.41, 5.74) is -0.0123. The van der Waals surface area contributed by atoms with Gasteiger partial charge in [0.2, 0.25) is 0 Å². The van der Waals surface area contributed by atoms with Crippen LogP contribution in [0.2, 0.25) is 0 Å². The Morgan fingerprint density at radius 3 is 2.50 bits per heavy atom. The van der Waals surface area contributed by atoms with E-state index in [1.807, 2.05) is 6.07 Å². The lowest BCUT2D eigenvalue weighted by atomic mass is 9.99. The maximum atomic E-state index is 11.8. The average Bonchev–Trinajstić information content (AvgIpc) is 2.92. The number of furan rings is 1. The van der Waals surface area contributed by atoms with Crippen LogP contribution in [0.5, 0.6) is 0 Å². The first kappa shape index (κ1) is 14.8. The van der Waals surface area contributed by atoms with Crippen molar-refractivity contribution in [3.05, 3.63) is 23.5 Å². The SMILES string of the molecule is CC1CCN(c2ccc(C=C3C(=O)NC(=S)NC3=O)o2)CC1. The summed E-state index contributed by atoms with van der Waals surface area (Å²) in [6.07, 6.45) is 3.71. The average molecular weight is 319 g/mol. The molecule has 22 heavy (non-hydrogen) atoms. The minimum absolute atomic E-state index is 0.0123. The molecule has 116 valence electrons. The van der Waals surface area contributed by atoms with Gasteiger partial charge in [0.15, 0.2) is 11.0 Å². The maximum absolute atomic E-state index is 11.8. The van der Waals surface area contributed by atoms with Gasteiger partial charge in [0, 0.05) is 19.2 Å². The molecule has 7 heteroatoms. The second-order valence-electron chi connectivity index (χ2n) is 5.64. The van der Waals surface area contributed by atoms with Gasteiger partial charge in [-0.3, -0.25) is 20.2 Å². The van der Waals surface area contributed by atoms with Crippen LogP contribution < -0.4 is 15.5 Å². The highest BCUT2D eigenvalue weighted by Gasteiger charge is 2.26. The number of nitrogens with one attached hydrogen (secondary N) is 2. The van der Waals surface area contributed by atoms with Crippen LogP contribution >= 0.6 is 12.2 Å². The van der Waals surface area contributed by atoms with Gasteiger partial charge < -0.3 is 9.32 Å². The molecule has 0 saturated carbocycles. The van der Waals surface area contributed by atoms with Crippen LogP contribution in [0.1, 0.15) is 25.5 Å². The predicted molar refractivity (Wildman–Crippen MR) is 86.2 cm³/mol. The number of hydrogen-bond acceptors (Lipinski definition) is 5. The Labute approximate surface area is 133 Å². The molecule has 2 amide bonds. The molecule has 2 saturated heterocycles. The number of nitrogens with zero attached hydrogens (tertiary/aromatic N) is 1. The van der Waals surface area contributed by atoms with E-state index in [1.54, 1.807) is 6.07 Å². The molecule has 2 aliphatic heterocycles. The second-order valence-corrected chi connectivity index (χ2v) is 6.05. The minimum atomic E-state index is -0.515. The number of hydrogen-bond donors (Lipinski definition) is 2.